The van der Waals surface area contributed by atoms with Crippen molar-refractivity contribution < 1.29 is 14.3 Å². The number of hydrogen-bond acceptors (Lipinski definition) is 5. The molecule has 2 aromatic rings. The molecule has 0 saturated carbocycles. The van der Waals surface area contributed by atoms with Crippen LogP contribution in [-0.4, -0.2) is 60.4 Å². The van der Waals surface area contributed by atoms with Gasteiger partial charge in [-0.2, -0.15) is 0 Å². The van der Waals surface area contributed by atoms with Crippen molar-refractivity contribution in [1.29, 1.82) is 0 Å². The smallest absolute Gasteiger partial charge is 0.266 e. The Morgan fingerprint density at radius 1 is 1.07 bits per heavy atom. The number of anilines is 2. The summed E-state index contributed by atoms with van der Waals surface area (Å²) < 4.78 is 5.69. The largest absolute Gasteiger partial charge is 0.478 e. The van der Waals surface area contributed by atoms with Crippen molar-refractivity contribution in [2.24, 2.45) is 0 Å². The molecular weight excluding hydrogens is 380 g/mol. The van der Waals surface area contributed by atoms with Crippen LogP contribution in [0.4, 0.5) is 11.4 Å². The van der Waals surface area contributed by atoms with E-state index in [-0.39, 0.29) is 18.2 Å². The van der Waals surface area contributed by atoms with E-state index in [0.29, 0.717) is 11.4 Å². The van der Waals surface area contributed by atoms with E-state index in [4.69, 9.17) is 4.74 Å². The lowest BCUT2D eigenvalue weighted by Gasteiger charge is -2.34. The second-order valence-corrected chi connectivity index (χ2v) is 7.75. The van der Waals surface area contributed by atoms with E-state index in [2.05, 4.69) is 27.4 Å². The monoisotopic (exact) mass is 408 g/mol. The number of piperazine rings is 1. The summed E-state index contributed by atoms with van der Waals surface area (Å²) in [4.78, 5) is 29.5. The number of carbonyl (C=O) groups is 2. The van der Waals surface area contributed by atoms with Crippen LogP contribution in [0, 0.1) is 0 Å². The van der Waals surface area contributed by atoms with Crippen molar-refractivity contribution in [3.63, 3.8) is 0 Å². The fourth-order valence-corrected chi connectivity index (χ4v) is 3.82. The predicted molar refractivity (Wildman–Crippen MR) is 117 cm³/mol. The zero-order chi connectivity index (χ0) is 20.9. The number of likely N-dealkylation sites (N-methyl/N-ethyl adjacent to an activating group) is 1. The van der Waals surface area contributed by atoms with Crippen LogP contribution in [0.25, 0.3) is 0 Å². The van der Waals surface area contributed by atoms with Gasteiger partial charge in [0.2, 0.25) is 5.91 Å². The molecule has 2 heterocycles. The third-order valence-corrected chi connectivity index (χ3v) is 5.63. The maximum Gasteiger partial charge on any atom is 0.266 e. The van der Waals surface area contributed by atoms with Crippen molar-refractivity contribution in [1.82, 2.24) is 9.80 Å². The maximum atomic E-state index is 12.4. The van der Waals surface area contributed by atoms with Crippen LogP contribution >= 0.6 is 0 Å². The summed E-state index contributed by atoms with van der Waals surface area (Å²) in [7, 11) is 0. The van der Waals surface area contributed by atoms with Gasteiger partial charge in [-0.25, -0.2) is 0 Å². The van der Waals surface area contributed by atoms with Crippen molar-refractivity contribution >= 4 is 23.2 Å². The van der Waals surface area contributed by atoms with Gasteiger partial charge in [0, 0.05) is 38.4 Å². The van der Waals surface area contributed by atoms with Crippen LogP contribution in [0.5, 0.6) is 5.75 Å². The first-order chi connectivity index (χ1) is 14.6. The van der Waals surface area contributed by atoms with Crippen LogP contribution in [0.2, 0.25) is 0 Å². The lowest BCUT2D eigenvalue weighted by Crippen LogP contribution is -2.45. The Morgan fingerprint density at radius 2 is 1.77 bits per heavy atom. The minimum atomic E-state index is -0.832. The fraction of sp³-hybridized carbons (Fsp3) is 0.391. The van der Waals surface area contributed by atoms with Crippen molar-refractivity contribution in [2.45, 2.75) is 26.0 Å². The van der Waals surface area contributed by atoms with Crippen LogP contribution in [0.3, 0.4) is 0 Å². The molecule has 158 valence electrons. The van der Waals surface area contributed by atoms with E-state index in [9.17, 15) is 9.59 Å². The number of hydrogen-bond donors (Lipinski definition) is 2. The molecule has 0 spiro atoms. The van der Waals surface area contributed by atoms with Gasteiger partial charge in [-0.15, -0.1) is 0 Å². The molecule has 0 radical (unpaired) electrons. The average Bonchev–Trinajstić information content (AvgIpc) is 2.76. The first-order valence-corrected chi connectivity index (χ1v) is 10.5. The SMILES string of the molecule is CCN1CCN(Cc2ccc(NC(=O)CC3Oc4ccccc4NC3=O)cc2)CC1. The third-order valence-electron chi connectivity index (χ3n) is 5.63. The number of nitrogens with zero attached hydrogens (tertiary/aromatic N) is 2. The van der Waals surface area contributed by atoms with Crippen molar-refractivity contribution in [2.75, 3.05) is 43.4 Å². The topological polar surface area (TPSA) is 73.9 Å². The zero-order valence-electron chi connectivity index (χ0n) is 17.3. The summed E-state index contributed by atoms with van der Waals surface area (Å²) in [5, 5.41) is 5.64. The minimum Gasteiger partial charge on any atom is -0.478 e. The summed E-state index contributed by atoms with van der Waals surface area (Å²) >= 11 is 0. The molecule has 0 aliphatic carbocycles. The second-order valence-electron chi connectivity index (χ2n) is 7.75. The second kappa shape index (κ2) is 9.28. The maximum absolute atomic E-state index is 12.4. The average molecular weight is 409 g/mol. The first-order valence-electron chi connectivity index (χ1n) is 10.5. The third kappa shape index (κ3) is 4.98. The Hall–Kier alpha value is -2.90. The molecule has 7 heteroatoms. The number of rotatable bonds is 6. The number of benzene rings is 2. The van der Waals surface area contributed by atoms with Gasteiger partial charge in [-0.1, -0.05) is 31.2 Å². The van der Waals surface area contributed by atoms with E-state index < -0.39 is 6.10 Å². The molecule has 2 aromatic carbocycles. The Kier molecular flexibility index (Phi) is 6.30. The number of ether oxygens (including phenoxy) is 1. The summed E-state index contributed by atoms with van der Waals surface area (Å²) in [6.45, 7) is 8.63. The van der Waals surface area contributed by atoms with Gasteiger partial charge >= 0.3 is 0 Å². The van der Waals surface area contributed by atoms with E-state index in [0.717, 1.165) is 45.0 Å². The fourth-order valence-electron chi connectivity index (χ4n) is 3.82. The van der Waals surface area contributed by atoms with Gasteiger partial charge in [-0.05, 0) is 36.4 Å². The highest BCUT2D eigenvalue weighted by Crippen LogP contribution is 2.29. The van der Waals surface area contributed by atoms with Crippen LogP contribution in [0.15, 0.2) is 48.5 Å². The normalized spacial score (nSPS) is 19.5. The molecular formula is C23H28N4O3. The summed E-state index contributed by atoms with van der Waals surface area (Å²) in [5.41, 5.74) is 2.58. The first kappa shape index (κ1) is 20.4. The van der Waals surface area contributed by atoms with E-state index in [1.54, 1.807) is 12.1 Å². The van der Waals surface area contributed by atoms with Crippen LogP contribution < -0.4 is 15.4 Å². The standard InChI is InChI=1S/C23H28N4O3/c1-2-26-11-13-27(14-12-26)16-17-7-9-18(10-8-17)24-22(28)15-21-23(29)25-19-5-3-4-6-20(19)30-21/h3-10,21H,2,11-16H2,1H3,(H,24,28)(H,25,29). The van der Waals surface area contributed by atoms with Crippen molar-refractivity contribution in [3.8, 4) is 5.75 Å². The number of nitrogens with one attached hydrogen (secondary N) is 2. The molecule has 1 fully saturated rings. The Balaban J connectivity index is 1.27. The molecule has 1 unspecified atom stereocenters. The molecule has 2 amide bonds. The van der Waals surface area contributed by atoms with Gasteiger partial charge < -0.3 is 20.3 Å². The Labute approximate surface area is 177 Å². The van der Waals surface area contributed by atoms with Crippen LogP contribution in [0.1, 0.15) is 18.9 Å². The zero-order valence-corrected chi connectivity index (χ0v) is 17.3. The quantitative estimate of drug-likeness (QED) is 0.769. The molecule has 30 heavy (non-hydrogen) atoms. The Bertz CT molecular complexity index is 892. The van der Waals surface area contributed by atoms with E-state index in [1.165, 1.54) is 5.56 Å². The lowest BCUT2D eigenvalue weighted by atomic mass is 10.1. The number of amides is 2. The highest BCUT2D eigenvalue weighted by Gasteiger charge is 2.29. The molecule has 2 N–H and O–H groups in total. The van der Waals surface area contributed by atoms with Crippen molar-refractivity contribution in [3.05, 3.63) is 54.1 Å². The lowest BCUT2D eigenvalue weighted by molar-refractivity contribution is -0.128. The molecule has 2 aliphatic rings. The van der Waals surface area contributed by atoms with E-state index in [1.807, 2.05) is 36.4 Å². The molecule has 0 aromatic heterocycles. The predicted octanol–water partition coefficient (Wildman–Crippen LogP) is 2.55. The van der Waals surface area contributed by atoms with Crippen LogP contribution in [-0.2, 0) is 16.1 Å². The van der Waals surface area contributed by atoms with Gasteiger partial charge in [0.15, 0.2) is 6.10 Å². The Morgan fingerprint density at radius 3 is 2.50 bits per heavy atom. The summed E-state index contributed by atoms with van der Waals surface area (Å²) in [6, 6.07) is 15.1. The number of para-hydroxylation sites is 2. The summed E-state index contributed by atoms with van der Waals surface area (Å²) in [5.74, 6) is 0.0272. The molecule has 1 atom stereocenters. The van der Waals surface area contributed by atoms with Gasteiger partial charge in [0.25, 0.3) is 5.91 Å². The highest BCUT2D eigenvalue weighted by molar-refractivity contribution is 6.01. The molecule has 0 bridgehead atoms. The molecule has 4 rings (SSSR count). The van der Waals surface area contributed by atoms with Gasteiger partial charge in [0.1, 0.15) is 5.75 Å². The minimum absolute atomic E-state index is 0.0381. The molecule has 7 nitrogen and oxygen atoms in total. The number of carbonyl (C=O) groups excluding carboxylic acids is 2. The van der Waals surface area contributed by atoms with Gasteiger partial charge in [-0.3, -0.25) is 14.5 Å². The van der Waals surface area contributed by atoms with E-state index >= 15 is 0 Å². The molecule has 2 aliphatic heterocycles. The summed E-state index contributed by atoms with van der Waals surface area (Å²) in [6.07, 6.45) is -0.871. The number of fused-ring (bicyclic) bond motifs is 1. The molecule has 1 saturated heterocycles. The highest BCUT2D eigenvalue weighted by atomic mass is 16.5. The van der Waals surface area contributed by atoms with Gasteiger partial charge in [0.05, 0.1) is 12.1 Å².